The summed E-state index contributed by atoms with van der Waals surface area (Å²) in [4.78, 5) is 0. The summed E-state index contributed by atoms with van der Waals surface area (Å²) in [6, 6.07) is 6.90. The standard InChI is InChI=1S/C11H15ClO3S/c1-16(14,15)8-2-3-11(13)9-4-6-10(12)7-5-9/h4-7,11,13H,2-3,8H2,1H3. The second kappa shape index (κ2) is 5.66. The van der Waals surface area contributed by atoms with E-state index in [0.29, 0.717) is 17.9 Å². The molecule has 90 valence electrons. The molecule has 0 heterocycles. The van der Waals surface area contributed by atoms with Crippen molar-refractivity contribution in [3.63, 3.8) is 0 Å². The molecule has 0 aliphatic carbocycles. The van der Waals surface area contributed by atoms with Gasteiger partial charge in [0.1, 0.15) is 9.84 Å². The van der Waals surface area contributed by atoms with Gasteiger partial charge in [-0.1, -0.05) is 23.7 Å². The lowest BCUT2D eigenvalue weighted by molar-refractivity contribution is 0.166. The van der Waals surface area contributed by atoms with Gasteiger partial charge in [0.15, 0.2) is 0 Å². The number of benzene rings is 1. The van der Waals surface area contributed by atoms with Gasteiger partial charge < -0.3 is 5.11 Å². The van der Waals surface area contributed by atoms with Gasteiger partial charge in [-0.15, -0.1) is 0 Å². The second-order valence-corrected chi connectivity index (χ2v) is 6.54. The lowest BCUT2D eigenvalue weighted by atomic mass is 10.1. The van der Waals surface area contributed by atoms with Crippen LogP contribution in [0.1, 0.15) is 24.5 Å². The van der Waals surface area contributed by atoms with Gasteiger partial charge in [-0.2, -0.15) is 0 Å². The first kappa shape index (κ1) is 13.5. The van der Waals surface area contributed by atoms with E-state index in [-0.39, 0.29) is 5.75 Å². The molecule has 0 aromatic heterocycles. The fraction of sp³-hybridized carbons (Fsp3) is 0.455. The summed E-state index contributed by atoms with van der Waals surface area (Å²) in [5.74, 6) is 0.109. The maximum atomic E-state index is 10.9. The van der Waals surface area contributed by atoms with Crippen LogP contribution in [0, 0.1) is 0 Å². The molecule has 0 aliphatic heterocycles. The molecule has 1 N–H and O–H groups in total. The first-order chi connectivity index (χ1) is 7.38. The van der Waals surface area contributed by atoms with Crippen molar-refractivity contribution in [2.24, 2.45) is 0 Å². The summed E-state index contributed by atoms with van der Waals surface area (Å²) >= 11 is 5.72. The third-order valence-corrected chi connectivity index (χ3v) is 3.53. The molecule has 16 heavy (non-hydrogen) atoms. The summed E-state index contributed by atoms with van der Waals surface area (Å²) in [6.07, 6.45) is 1.47. The Morgan fingerprint density at radius 2 is 1.88 bits per heavy atom. The lowest BCUT2D eigenvalue weighted by Gasteiger charge is -2.10. The predicted molar refractivity (Wildman–Crippen MR) is 65.4 cm³/mol. The topological polar surface area (TPSA) is 54.4 Å². The van der Waals surface area contributed by atoms with Gasteiger partial charge in [-0.05, 0) is 30.5 Å². The minimum absolute atomic E-state index is 0.109. The second-order valence-electron chi connectivity index (χ2n) is 3.84. The lowest BCUT2D eigenvalue weighted by Crippen LogP contribution is -2.05. The van der Waals surface area contributed by atoms with Crippen LogP contribution in [0.15, 0.2) is 24.3 Å². The molecule has 1 atom stereocenters. The van der Waals surface area contributed by atoms with Crippen molar-refractivity contribution in [2.75, 3.05) is 12.0 Å². The van der Waals surface area contributed by atoms with Crippen molar-refractivity contribution in [1.82, 2.24) is 0 Å². The average molecular weight is 263 g/mol. The predicted octanol–water partition coefficient (Wildman–Crippen LogP) is 2.20. The van der Waals surface area contributed by atoms with Crippen LogP contribution in [0.2, 0.25) is 5.02 Å². The minimum atomic E-state index is -2.94. The molecule has 0 radical (unpaired) electrons. The first-order valence-electron chi connectivity index (χ1n) is 5.00. The molecule has 5 heteroatoms. The van der Waals surface area contributed by atoms with Crippen molar-refractivity contribution in [3.05, 3.63) is 34.9 Å². The molecular weight excluding hydrogens is 248 g/mol. The van der Waals surface area contributed by atoms with Gasteiger partial charge >= 0.3 is 0 Å². The van der Waals surface area contributed by atoms with Crippen molar-refractivity contribution < 1.29 is 13.5 Å². The van der Waals surface area contributed by atoms with Gasteiger partial charge in [-0.25, -0.2) is 8.42 Å². The van der Waals surface area contributed by atoms with Crippen LogP contribution in [0.3, 0.4) is 0 Å². The Hall–Kier alpha value is -0.580. The molecule has 0 saturated carbocycles. The van der Waals surface area contributed by atoms with Crippen LogP contribution in [0.4, 0.5) is 0 Å². The van der Waals surface area contributed by atoms with E-state index in [0.717, 1.165) is 5.56 Å². The molecule has 0 bridgehead atoms. The average Bonchev–Trinajstić information content (AvgIpc) is 2.16. The normalized spacial score (nSPS) is 13.7. The molecule has 1 unspecified atom stereocenters. The molecule has 0 saturated heterocycles. The summed E-state index contributed by atoms with van der Waals surface area (Å²) in [6.45, 7) is 0. The van der Waals surface area contributed by atoms with Crippen LogP contribution in [-0.4, -0.2) is 25.5 Å². The summed E-state index contributed by atoms with van der Waals surface area (Å²) < 4.78 is 21.8. The molecule has 1 aromatic carbocycles. The molecule has 1 rings (SSSR count). The van der Waals surface area contributed by atoms with E-state index in [4.69, 9.17) is 11.6 Å². The first-order valence-corrected chi connectivity index (χ1v) is 7.43. The molecule has 0 fully saturated rings. The highest BCUT2D eigenvalue weighted by molar-refractivity contribution is 7.90. The Morgan fingerprint density at radius 1 is 1.31 bits per heavy atom. The van der Waals surface area contributed by atoms with Crippen LogP contribution in [-0.2, 0) is 9.84 Å². The molecule has 0 aliphatic rings. The number of hydrogen-bond acceptors (Lipinski definition) is 3. The van der Waals surface area contributed by atoms with Crippen LogP contribution >= 0.6 is 11.6 Å². The number of hydrogen-bond donors (Lipinski definition) is 1. The van der Waals surface area contributed by atoms with E-state index >= 15 is 0 Å². The highest BCUT2D eigenvalue weighted by Crippen LogP contribution is 2.20. The zero-order valence-electron chi connectivity index (χ0n) is 9.06. The zero-order chi connectivity index (χ0) is 12.2. The summed E-state index contributed by atoms with van der Waals surface area (Å²) in [5.41, 5.74) is 0.762. The Morgan fingerprint density at radius 3 is 2.38 bits per heavy atom. The van der Waals surface area contributed by atoms with Crippen molar-refractivity contribution in [3.8, 4) is 0 Å². The smallest absolute Gasteiger partial charge is 0.147 e. The van der Waals surface area contributed by atoms with Crippen molar-refractivity contribution in [2.45, 2.75) is 18.9 Å². The molecule has 0 amide bonds. The SMILES string of the molecule is CS(=O)(=O)CCCC(O)c1ccc(Cl)cc1. The van der Waals surface area contributed by atoms with E-state index in [9.17, 15) is 13.5 Å². The van der Waals surface area contributed by atoms with E-state index in [1.54, 1.807) is 24.3 Å². The maximum absolute atomic E-state index is 10.9. The third-order valence-electron chi connectivity index (χ3n) is 2.25. The maximum Gasteiger partial charge on any atom is 0.147 e. The number of aliphatic hydroxyl groups is 1. The largest absolute Gasteiger partial charge is 0.388 e. The Kier molecular flexibility index (Phi) is 4.77. The number of aliphatic hydroxyl groups excluding tert-OH is 1. The summed E-state index contributed by atoms with van der Waals surface area (Å²) in [5, 5.41) is 10.4. The molecule has 1 aromatic rings. The fourth-order valence-corrected chi connectivity index (χ4v) is 2.21. The van der Waals surface area contributed by atoms with Gasteiger partial charge in [-0.3, -0.25) is 0 Å². The van der Waals surface area contributed by atoms with Crippen LogP contribution in [0.25, 0.3) is 0 Å². The van der Waals surface area contributed by atoms with Gasteiger partial charge in [0.25, 0.3) is 0 Å². The van der Waals surface area contributed by atoms with E-state index in [1.165, 1.54) is 6.26 Å². The highest BCUT2D eigenvalue weighted by Gasteiger charge is 2.09. The monoisotopic (exact) mass is 262 g/mol. The Bertz CT molecular complexity index is 425. The van der Waals surface area contributed by atoms with Crippen molar-refractivity contribution >= 4 is 21.4 Å². The number of sulfone groups is 1. The number of rotatable bonds is 5. The third kappa shape index (κ3) is 4.96. The van der Waals surface area contributed by atoms with Gasteiger partial charge in [0.05, 0.1) is 6.10 Å². The van der Waals surface area contributed by atoms with E-state index < -0.39 is 15.9 Å². The van der Waals surface area contributed by atoms with Crippen LogP contribution in [0.5, 0.6) is 0 Å². The minimum Gasteiger partial charge on any atom is -0.388 e. The van der Waals surface area contributed by atoms with Crippen molar-refractivity contribution in [1.29, 1.82) is 0 Å². The fourth-order valence-electron chi connectivity index (χ4n) is 1.39. The highest BCUT2D eigenvalue weighted by atomic mass is 35.5. The quantitative estimate of drug-likeness (QED) is 0.885. The Balaban J connectivity index is 2.47. The summed E-state index contributed by atoms with van der Waals surface area (Å²) in [7, 11) is -2.94. The van der Waals surface area contributed by atoms with E-state index in [1.807, 2.05) is 0 Å². The Labute approximate surface area is 101 Å². The zero-order valence-corrected chi connectivity index (χ0v) is 10.6. The van der Waals surface area contributed by atoms with Crippen LogP contribution < -0.4 is 0 Å². The van der Waals surface area contributed by atoms with E-state index in [2.05, 4.69) is 0 Å². The van der Waals surface area contributed by atoms with Gasteiger partial charge in [0.2, 0.25) is 0 Å². The molecule has 0 spiro atoms. The molecular formula is C11H15ClO3S. The number of halogens is 1. The van der Waals surface area contributed by atoms with Gasteiger partial charge in [0, 0.05) is 17.0 Å². The molecule has 3 nitrogen and oxygen atoms in total.